The van der Waals surface area contributed by atoms with Crippen LogP contribution in [0.3, 0.4) is 0 Å². The van der Waals surface area contributed by atoms with E-state index in [0.717, 1.165) is 12.2 Å². The van der Waals surface area contributed by atoms with Gasteiger partial charge in [0.05, 0.1) is 0 Å². The molecule has 0 aliphatic rings. The van der Waals surface area contributed by atoms with Gasteiger partial charge in [0.25, 0.3) is 0 Å². The first-order valence-corrected chi connectivity index (χ1v) is 2.66. The monoisotopic (exact) mass is 157 g/mol. The smallest absolute Gasteiger partial charge is 0.391 e. The van der Waals surface area contributed by atoms with Gasteiger partial charge in [-0.2, -0.15) is 0 Å². The largest absolute Gasteiger partial charge is 0.475 e. The van der Waals surface area contributed by atoms with E-state index in [1.807, 2.05) is 0 Å². The highest BCUT2D eigenvalue weighted by atomic mass is 16.6. The van der Waals surface area contributed by atoms with Crippen molar-refractivity contribution in [1.29, 1.82) is 0 Å². The van der Waals surface area contributed by atoms with Gasteiger partial charge < -0.3 is 5.11 Å². The summed E-state index contributed by atoms with van der Waals surface area (Å²) in [6.45, 7) is 6.11. The van der Waals surface area contributed by atoms with Crippen molar-refractivity contribution >= 4 is 5.97 Å². The van der Waals surface area contributed by atoms with Crippen molar-refractivity contribution in [2.45, 2.75) is 5.54 Å². The summed E-state index contributed by atoms with van der Waals surface area (Å²) in [6.07, 6.45) is 1.45. The molecule has 0 amide bonds. The molecule has 0 heterocycles. The predicted molar refractivity (Wildman–Crippen MR) is 37.8 cm³/mol. The molecule has 0 aromatic rings. The average Bonchev–Trinajstić information content (AvgIpc) is 1.90. The average molecular weight is 157 g/mol. The summed E-state index contributed by atoms with van der Waals surface area (Å²) in [4.78, 5) is 19.6. The maximum absolute atomic E-state index is 10.3. The highest BCUT2D eigenvalue weighted by molar-refractivity contribution is 5.82. The van der Waals surface area contributed by atoms with Gasteiger partial charge >= 0.3 is 11.5 Å². The van der Waals surface area contributed by atoms with Crippen molar-refractivity contribution in [1.82, 2.24) is 0 Å². The van der Waals surface area contributed by atoms with Crippen molar-refractivity contribution in [3.8, 4) is 0 Å². The molecule has 0 aromatic carbocycles. The van der Waals surface area contributed by atoms with Crippen LogP contribution in [0.25, 0.3) is 0 Å². The van der Waals surface area contributed by atoms with E-state index >= 15 is 0 Å². The SMILES string of the molecule is C=CC(C=C)(C(=O)O)[N+](=O)[O-]. The second-order valence-electron chi connectivity index (χ2n) is 1.80. The Bertz CT molecular complexity index is 197. The summed E-state index contributed by atoms with van der Waals surface area (Å²) >= 11 is 0. The molecular formula is C6H7NO4. The first-order chi connectivity index (χ1) is 5.01. The van der Waals surface area contributed by atoms with Crippen molar-refractivity contribution in [3.63, 3.8) is 0 Å². The highest BCUT2D eigenvalue weighted by Crippen LogP contribution is 2.12. The van der Waals surface area contributed by atoms with E-state index in [2.05, 4.69) is 13.2 Å². The fraction of sp³-hybridized carbons (Fsp3) is 0.167. The molecule has 60 valence electrons. The lowest BCUT2D eigenvalue weighted by Crippen LogP contribution is -2.42. The number of carbonyl (C=O) groups is 1. The number of nitrogens with zero attached hydrogens (tertiary/aromatic N) is 1. The Morgan fingerprint density at radius 3 is 1.91 bits per heavy atom. The fourth-order valence-corrected chi connectivity index (χ4v) is 0.485. The zero-order valence-corrected chi connectivity index (χ0v) is 5.69. The van der Waals surface area contributed by atoms with E-state index in [0.29, 0.717) is 0 Å². The van der Waals surface area contributed by atoms with E-state index in [1.165, 1.54) is 0 Å². The number of hydrogen-bond acceptors (Lipinski definition) is 3. The van der Waals surface area contributed by atoms with Gasteiger partial charge in [-0.1, -0.05) is 13.2 Å². The van der Waals surface area contributed by atoms with Crippen molar-refractivity contribution in [2.75, 3.05) is 0 Å². The van der Waals surface area contributed by atoms with Crippen LogP contribution >= 0.6 is 0 Å². The van der Waals surface area contributed by atoms with Crippen LogP contribution < -0.4 is 0 Å². The standard InChI is InChI=1S/C6H7NO4/c1-3-6(4-2,5(8)9)7(10)11/h3-4H,1-2H2,(H,8,9). The van der Waals surface area contributed by atoms with Gasteiger partial charge in [0, 0.05) is 17.1 Å². The van der Waals surface area contributed by atoms with Crippen LogP contribution in [-0.2, 0) is 4.79 Å². The first kappa shape index (κ1) is 9.35. The van der Waals surface area contributed by atoms with Crippen LogP contribution in [0.15, 0.2) is 25.3 Å². The van der Waals surface area contributed by atoms with Gasteiger partial charge in [0.1, 0.15) is 0 Å². The number of aliphatic carboxylic acids is 1. The Balaban J connectivity index is 5.07. The summed E-state index contributed by atoms with van der Waals surface area (Å²) in [5.41, 5.74) is -2.25. The second kappa shape index (κ2) is 2.96. The Morgan fingerprint density at radius 2 is 1.91 bits per heavy atom. The molecular weight excluding hydrogens is 150 g/mol. The van der Waals surface area contributed by atoms with Crippen LogP contribution in [-0.4, -0.2) is 21.5 Å². The van der Waals surface area contributed by atoms with Crippen molar-refractivity contribution in [2.24, 2.45) is 0 Å². The lowest BCUT2D eigenvalue weighted by atomic mass is 10.0. The summed E-state index contributed by atoms with van der Waals surface area (Å²) in [5, 5.41) is 18.6. The van der Waals surface area contributed by atoms with Gasteiger partial charge in [-0.05, 0) is 0 Å². The molecule has 0 saturated heterocycles. The van der Waals surface area contributed by atoms with Gasteiger partial charge in [0.2, 0.25) is 0 Å². The van der Waals surface area contributed by atoms with Crippen LogP contribution in [0, 0.1) is 10.1 Å². The minimum Gasteiger partial charge on any atom is -0.475 e. The molecule has 0 fully saturated rings. The molecule has 5 heteroatoms. The van der Waals surface area contributed by atoms with Crippen LogP contribution in [0.4, 0.5) is 0 Å². The normalized spacial score (nSPS) is 10.2. The quantitative estimate of drug-likeness (QED) is 0.365. The maximum atomic E-state index is 10.3. The number of hydrogen-bond donors (Lipinski definition) is 1. The van der Waals surface area contributed by atoms with Crippen LogP contribution in [0.2, 0.25) is 0 Å². The number of nitro groups is 1. The summed E-state index contributed by atoms with van der Waals surface area (Å²) in [6, 6.07) is 0. The van der Waals surface area contributed by atoms with E-state index in [4.69, 9.17) is 5.11 Å². The third kappa shape index (κ3) is 1.26. The van der Waals surface area contributed by atoms with E-state index in [-0.39, 0.29) is 0 Å². The van der Waals surface area contributed by atoms with Crippen LogP contribution in [0.1, 0.15) is 0 Å². The Morgan fingerprint density at radius 1 is 1.55 bits per heavy atom. The maximum Gasteiger partial charge on any atom is 0.391 e. The van der Waals surface area contributed by atoms with Gasteiger partial charge in [-0.25, -0.2) is 4.79 Å². The zero-order chi connectivity index (χ0) is 9.07. The van der Waals surface area contributed by atoms with E-state index in [1.54, 1.807) is 0 Å². The Kier molecular flexibility index (Phi) is 2.51. The minimum absolute atomic E-state index is 0.725. The van der Waals surface area contributed by atoms with Gasteiger partial charge in [-0.3, -0.25) is 10.1 Å². The lowest BCUT2D eigenvalue weighted by Gasteiger charge is -2.10. The first-order valence-electron chi connectivity index (χ1n) is 2.66. The van der Waals surface area contributed by atoms with Crippen molar-refractivity contribution < 1.29 is 14.8 Å². The molecule has 0 aliphatic heterocycles. The molecule has 0 aliphatic carbocycles. The number of carboxylic acids is 1. The lowest BCUT2D eigenvalue weighted by molar-refractivity contribution is -0.526. The van der Waals surface area contributed by atoms with E-state index < -0.39 is 16.4 Å². The Labute approximate surface area is 62.8 Å². The third-order valence-electron chi connectivity index (χ3n) is 1.27. The molecule has 0 aromatic heterocycles. The molecule has 0 unspecified atom stereocenters. The third-order valence-corrected chi connectivity index (χ3v) is 1.27. The predicted octanol–water partition coefficient (Wildman–Crippen LogP) is 0.458. The number of carboxylic acid groups (broad SMARTS) is 1. The molecule has 0 bridgehead atoms. The zero-order valence-electron chi connectivity index (χ0n) is 5.69. The summed E-state index contributed by atoms with van der Waals surface area (Å²) in [5.74, 6) is -1.59. The molecule has 0 spiro atoms. The second-order valence-corrected chi connectivity index (χ2v) is 1.80. The molecule has 11 heavy (non-hydrogen) atoms. The van der Waals surface area contributed by atoms with Gasteiger partial charge in [0.15, 0.2) is 0 Å². The molecule has 0 saturated carbocycles. The van der Waals surface area contributed by atoms with Gasteiger partial charge in [-0.15, -0.1) is 0 Å². The molecule has 1 N–H and O–H groups in total. The summed E-state index contributed by atoms with van der Waals surface area (Å²) < 4.78 is 0. The molecule has 0 atom stereocenters. The summed E-state index contributed by atoms with van der Waals surface area (Å²) in [7, 11) is 0. The fourth-order valence-electron chi connectivity index (χ4n) is 0.485. The molecule has 5 nitrogen and oxygen atoms in total. The number of rotatable bonds is 4. The Hall–Kier alpha value is -1.65. The highest BCUT2D eigenvalue weighted by Gasteiger charge is 2.45. The topological polar surface area (TPSA) is 80.4 Å². The van der Waals surface area contributed by atoms with Crippen LogP contribution in [0.5, 0.6) is 0 Å². The van der Waals surface area contributed by atoms with E-state index in [9.17, 15) is 14.9 Å². The molecule has 0 rings (SSSR count). The minimum atomic E-state index is -2.25. The van der Waals surface area contributed by atoms with Crippen molar-refractivity contribution in [3.05, 3.63) is 35.4 Å². The molecule has 0 radical (unpaired) electrons.